The van der Waals surface area contributed by atoms with Crippen LogP contribution >= 0.6 is 0 Å². The second kappa shape index (κ2) is 6.16. The lowest BCUT2D eigenvalue weighted by Crippen LogP contribution is -2.44. The van der Waals surface area contributed by atoms with E-state index in [1.54, 1.807) is 0 Å². The van der Waals surface area contributed by atoms with Crippen LogP contribution in [-0.2, 0) is 9.47 Å². The first-order valence-corrected chi connectivity index (χ1v) is 7.73. The fourth-order valence-corrected chi connectivity index (χ4v) is 3.12. The van der Waals surface area contributed by atoms with Crippen molar-refractivity contribution in [1.29, 1.82) is 0 Å². The first-order valence-electron chi connectivity index (χ1n) is 7.73. The minimum atomic E-state index is -0.174. The van der Waals surface area contributed by atoms with Crippen LogP contribution in [0, 0.1) is 0 Å². The van der Waals surface area contributed by atoms with Crippen LogP contribution in [0.1, 0.15) is 43.0 Å². The summed E-state index contributed by atoms with van der Waals surface area (Å²) in [4.78, 5) is 12.0. The van der Waals surface area contributed by atoms with Gasteiger partial charge in [-0.15, -0.1) is 0 Å². The number of para-hydroxylation sites is 1. The second-order valence-electron chi connectivity index (χ2n) is 5.84. The summed E-state index contributed by atoms with van der Waals surface area (Å²) >= 11 is 0. The Morgan fingerprint density at radius 1 is 1.38 bits per heavy atom. The molecule has 2 atom stereocenters. The third-order valence-electron chi connectivity index (χ3n) is 4.32. The molecule has 0 aromatic heterocycles. The summed E-state index contributed by atoms with van der Waals surface area (Å²) in [7, 11) is 0. The van der Waals surface area contributed by atoms with Crippen molar-refractivity contribution in [2.24, 2.45) is 0 Å². The molecule has 0 saturated carbocycles. The molecule has 3 rings (SSSR count). The maximum absolute atomic E-state index is 12.0. The lowest BCUT2D eigenvalue weighted by molar-refractivity contribution is -0.112. The topological polar surface area (TPSA) is 44.8 Å². The van der Waals surface area contributed by atoms with Gasteiger partial charge in [0.25, 0.3) is 0 Å². The molecule has 21 heavy (non-hydrogen) atoms. The summed E-state index contributed by atoms with van der Waals surface area (Å²) in [5.74, 6) is 0.821. The van der Waals surface area contributed by atoms with Crippen molar-refractivity contribution in [3.05, 3.63) is 29.8 Å². The van der Waals surface area contributed by atoms with Crippen LogP contribution in [0.2, 0.25) is 0 Å². The van der Waals surface area contributed by atoms with E-state index in [0.717, 1.165) is 25.9 Å². The van der Waals surface area contributed by atoms with Crippen LogP contribution in [0.4, 0.5) is 0 Å². The SMILES string of the molecule is CCC(=O)c1ccccc1OC1CCOC2(CCOC2)C1. The van der Waals surface area contributed by atoms with Crippen LogP contribution in [0.5, 0.6) is 5.75 Å². The monoisotopic (exact) mass is 290 g/mol. The summed E-state index contributed by atoms with van der Waals surface area (Å²) in [6.07, 6.45) is 3.21. The number of benzene rings is 1. The average Bonchev–Trinajstić information content (AvgIpc) is 2.95. The molecule has 2 unspecified atom stereocenters. The van der Waals surface area contributed by atoms with E-state index in [-0.39, 0.29) is 17.5 Å². The highest BCUT2D eigenvalue weighted by Crippen LogP contribution is 2.35. The van der Waals surface area contributed by atoms with Crippen LogP contribution in [0.25, 0.3) is 0 Å². The molecule has 2 aliphatic rings. The van der Waals surface area contributed by atoms with Gasteiger partial charge >= 0.3 is 0 Å². The van der Waals surface area contributed by atoms with E-state index in [2.05, 4.69) is 0 Å². The van der Waals surface area contributed by atoms with Gasteiger partial charge in [0.05, 0.1) is 24.4 Å². The minimum absolute atomic E-state index is 0.0891. The Kier molecular flexibility index (Phi) is 4.27. The summed E-state index contributed by atoms with van der Waals surface area (Å²) < 4.78 is 17.5. The smallest absolute Gasteiger partial charge is 0.166 e. The van der Waals surface area contributed by atoms with Gasteiger partial charge < -0.3 is 14.2 Å². The van der Waals surface area contributed by atoms with Crippen molar-refractivity contribution < 1.29 is 19.0 Å². The van der Waals surface area contributed by atoms with Crippen molar-refractivity contribution in [2.75, 3.05) is 19.8 Å². The van der Waals surface area contributed by atoms with Gasteiger partial charge in [-0.3, -0.25) is 4.79 Å². The maximum atomic E-state index is 12.0. The third-order valence-corrected chi connectivity index (χ3v) is 4.32. The van der Waals surface area contributed by atoms with Gasteiger partial charge in [0.15, 0.2) is 5.78 Å². The molecule has 0 bridgehead atoms. The zero-order valence-electron chi connectivity index (χ0n) is 12.5. The fourth-order valence-electron chi connectivity index (χ4n) is 3.12. The molecule has 1 aromatic carbocycles. The van der Waals surface area contributed by atoms with Crippen molar-refractivity contribution in [2.45, 2.75) is 44.3 Å². The average molecular weight is 290 g/mol. The predicted octanol–water partition coefficient (Wildman–Crippen LogP) is 3.00. The molecule has 1 spiro atoms. The number of carbonyl (C=O) groups is 1. The molecule has 2 aliphatic heterocycles. The molecule has 0 N–H and O–H groups in total. The van der Waals surface area contributed by atoms with Gasteiger partial charge in [-0.05, 0) is 12.1 Å². The van der Waals surface area contributed by atoms with Gasteiger partial charge in [-0.1, -0.05) is 19.1 Å². The Labute approximate surface area is 125 Å². The van der Waals surface area contributed by atoms with E-state index in [0.29, 0.717) is 30.9 Å². The first kappa shape index (κ1) is 14.5. The van der Waals surface area contributed by atoms with E-state index in [1.807, 2.05) is 31.2 Å². The summed E-state index contributed by atoms with van der Waals surface area (Å²) in [5.41, 5.74) is 0.510. The fraction of sp³-hybridized carbons (Fsp3) is 0.588. The molecule has 2 fully saturated rings. The van der Waals surface area contributed by atoms with Crippen molar-refractivity contribution in [3.8, 4) is 5.75 Å². The highest BCUT2D eigenvalue weighted by molar-refractivity contribution is 5.98. The van der Waals surface area contributed by atoms with E-state index in [4.69, 9.17) is 14.2 Å². The molecule has 2 heterocycles. The molecule has 4 nitrogen and oxygen atoms in total. The summed E-state index contributed by atoms with van der Waals surface area (Å²) in [6, 6.07) is 7.52. The van der Waals surface area contributed by atoms with Crippen LogP contribution in [-0.4, -0.2) is 37.3 Å². The lowest BCUT2D eigenvalue weighted by Gasteiger charge is -2.37. The van der Waals surface area contributed by atoms with Gasteiger partial charge in [0.2, 0.25) is 0 Å². The highest BCUT2D eigenvalue weighted by atomic mass is 16.6. The van der Waals surface area contributed by atoms with E-state index in [9.17, 15) is 4.79 Å². The predicted molar refractivity (Wildman–Crippen MR) is 78.8 cm³/mol. The lowest BCUT2D eigenvalue weighted by atomic mass is 9.91. The molecular formula is C17H22O4. The zero-order chi connectivity index (χ0) is 14.7. The minimum Gasteiger partial charge on any atom is -0.489 e. The van der Waals surface area contributed by atoms with Gasteiger partial charge in [0.1, 0.15) is 11.9 Å². The number of ketones is 1. The van der Waals surface area contributed by atoms with E-state index < -0.39 is 0 Å². The molecule has 0 radical (unpaired) electrons. The molecule has 0 aliphatic carbocycles. The largest absolute Gasteiger partial charge is 0.489 e. The number of rotatable bonds is 4. The molecule has 4 heteroatoms. The van der Waals surface area contributed by atoms with Gasteiger partial charge in [-0.2, -0.15) is 0 Å². The van der Waals surface area contributed by atoms with Crippen molar-refractivity contribution >= 4 is 5.78 Å². The molecule has 0 amide bonds. The molecule has 2 saturated heterocycles. The quantitative estimate of drug-likeness (QED) is 0.800. The van der Waals surface area contributed by atoms with E-state index >= 15 is 0 Å². The van der Waals surface area contributed by atoms with Gasteiger partial charge in [0, 0.05) is 32.3 Å². The van der Waals surface area contributed by atoms with Crippen LogP contribution < -0.4 is 4.74 Å². The van der Waals surface area contributed by atoms with Crippen molar-refractivity contribution in [1.82, 2.24) is 0 Å². The first-order chi connectivity index (χ1) is 10.2. The molecule has 114 valence electrons. The Balaban J connectivity index is 1.73. The summed E-state index contributed by atoms with van der Waals surface area (Å²) in [5, 5.41) is 0. The van der Waals surface area contributed by atoms with Crippen LogP contribution in [0.15, 0.2) is 24.3 Å². The van der Waals surface area contributed by atoms with Crippen LogP contribution in [0.3, 0.4) is 0 Å². The Morgan fingerprint density at radius 3 is 3.00 bits per heavy atom. The maximum Gasteiger partial charge on any atom is 0.166 e. The highest BCUT2D eigenvalue weighted by Gasteiger charge is 2.42. The Hall–Kier alpha value is -1.39. The Bertz CT molecular complexity index is 505. The second-order valence-corrected chi connectivity index (χ2v) is 5.84. The third kappa shape index (κ3) is 3.11. The normalized spacial score (nSPS) is 28.7. The standard InChI is InChI=1S/C17H22O4/c1-2-15(18)14-5-3-4-6-16(14)21-13-7-9-20-17(11-13)8-10-19-12-17/h3-6,13H,2,7-12H2,1H3. The van der Waals surface area contributed by atoms with Crippen molar-refractivity contribution in [3.63, 3.8) is 0 Å². The van der Waals surface area contributed by atoms with Gasteiger partial charge in [-0.25, -0.2) is 0 Å². The number of ether oxygens (including phenoxy) is 3. The Morgan fingerprint density at radius 2 is 2.24 bits per heavy atom. The molecular weight excluding hydrogens is 268 g/mol. The number of Topliss-reactive ketones (excluding diaryl/α,β-unsaturated/α-hetero) is 1. The number of hydrogen-bond acceptors (Lipinski definition) is 4. The number of carbonyl (C=O) groups excluding carboxylic acids is 1. The van der Waals surface area contributed by atoms with E-state index in [1.165, 1.54) is 0 Å². The molecule has 1 aromatic rings. The number of hydrogen-bond donors (Lipinski definition) is 0. The summed E-state index contributed by atoms with van der Waals surface area (Å²) in [6.45, 7) is 3.98. The zero-order valence-corrected chi connectivity index (χ0v) is 12.5.